The molecule has 0 unspecified atom stereocenters. The lowest BCUT2D eigenvalue weighted by Crippen LogP contribution is -2.53. The topological polar surface area (TPSA) is 40.5 Å². The summed E-state index contributed by atoms with van der Waals surface area (Å²) in [5, 5.41) is 24.7. The number of hydrogen-bond acceptors (Lipinski definition) is 2. The second-order valence-electron chi connectivity index (χ2n) is 15.6. The predicted molar refractivity (Wildman–Crippen MR) is 196 cm³/mol. The van der Waals surface area contributed by atoms with Gasteiger partial charge in [0.1, 0.15) is 11.5 Å². The highest BCUT2D eigenvalue weighted by atomic mass is 16.3. The summed E-state index contributed by atoms with van der Waals surface area (Å²) in [4.78, 5) is 0. The maximum absolute atomic E-state index is 12.5. The second kappa shape index (κ2) is 10.9. The third-order valence-electron chi connectivity index (χ3n) is 12.4. The van der Waals surface area contributed by atoms with E-state index in [1.807, 2.05) is 6.92 Å². The van der Waals surface area contributed by atoms with E-state index in [0.29, 0.717) is 12.2 Å². The maximum atomic E-state index is 12.5. The Morgan fingerprint density at radius 1 is 0.935 bits per heavy atom. The number of benzene rings is 2. The molecule has 0 radical (unpaired) electrons. The number of hydrogen-bond donors (Lipinski definition) is 2. The van der Waals surface area contributed by atoms with Crippen molar-refractivity contribution in [2.24, 2.45) is 22.2 Å². The van der Waals surface area contributed by atoms with Gasteiger partial charge in [0.05, 0.1) is 5.41 Å². The molecule has 4 aliphatic rings. The van der Waals surface area contributed by atoms with Crippen molar-refractivity contribution in [3.05, 3.63) is 130 Å². The van der Waals surface area contributed by atoms with Crippen LogP contribution in [0.2, 0.25) is 0 Å². The first-order valence-corrected chi connectivity index (χ1v) is 17.1. The van der Waals surface area contributed by atoms with Gasteiger partial charge in [-0.15, -0.1) is 0 Å². The fraction of sp³-hybridized carbons (Fsp3) is 0.409. The maximum Gasteiger partial charge on any atom is 0.126 e. The standard InChI is InChI=1S/C44H52O2/c1-12-13-14-17-31-20-32(21-35-27(5)33-18-15-16-19-34(33)28(35)6)40(45)38-29(7)39-41(46)44(11)30(8)37(25(2)3)26(4)22-43(44,10)24-42(39,9)23-36(31)38/h15-16,18-20,35,45-46H,2,5-8,12-14,17,21-24H2,1,3-4,9-11H3/t42-,43+,44-/m1/s1. The van der Waals surface area contributed by atoms with Crippen LogP contribution in [0.25, 0.3) is 16.7 Å². The first kappa shape index (κ1) is 32.2. The van der Waals surface area contributed by atoms with Crippen LogP contribution < -0.4 is 0 Å². The SMILES string of the molecule is C=C(C)C1=C(C)C[C@@]2(C)C[C@@]3(C)Cc4c(CCCCC)cc(CC5C(=C)c6ccccc6C5=C)c(O)c4C(=C)C3=C(O)[C@@]2(C)C1=C. The highest BCUT2D eigenvalue weighted by Crippen LogP contribution is 2.70. The lowest BCUT2D eigenvalue weighted by atomic mass is 9.43. The van der Waals surface area contributed by atoms with Crippen molar-refractivity contribution in [1.82, 2.24) is 0 Å². The number of allylic oxidation sites excluding steroid dienone is 8. The predicted octanol–water partition coefficient (Wildman–Crippen LogP) is 11.7. The number of aliphatic hydroxyl groups is 1. The molecule has 0 fully saturated rings. The molecule has 0 amide bonds. The molecule has 2 N–H and O–H groups in total. The minimum absolute atomic E-state index is 0.0232. The molecule has 0 spiro atoms. The van der Waals surface area contributed by atoms with Gasteiger partial charge in [0.25, 0.3) is 0 Å². The summed E-state index contributed by atoms with van der Waals surface area (Å²) in [5.74, 6) is 0.675. The molecule has 240 valence electrons. The van der Waals surface area contributed by atoms with Crippen molar-refractivity contribution in [3.8, 4) is 5.75 Å². The third kappa shape index (κ3) is 4.35. The van der Waals surface area contributed by atoms with E-state index in [0.717, 1.165) is 106 Å². The molecule has 6 rings (SSSR count). The number of phenols is 1. The highest BCUT2D eigenvalue weighted by Gasteiger charge is 2.61. The lowest BCUT2D eigenvalue weighted by molar-refractivity contribution is 0.0174. The Bertz CT molecular complexity index is 1790. The highest BCUT2D eigenvalue weighted by molar-refractivity contribution is 5.94. The van der Waals surface area contributed by atoms with Crippen molar-refractivity contribution in [2.45, 2.75) is 92.9 Å². The molecule has 0 saturated heterocycles. The van der Waals surface area contributed by atoms with Gasteiger partial charge in [0.15, 0.2) is 0 Å². The number of aliphatic hydroxyl groups excluding tert-OH is 1. The van der Waals surface area contributed by atoms with Crippen LogP contribution in [0.1, 0.15) is 107 Å². The van der Waals surface area contributed by atoms with Crippen molar-refractivity contribution in [1.29, 1.82) is 0 Å². The zero-order valence-electron chi connectivity index (χ0n) is 29.1. The summed E-state index contributed by atoms with van der Waals surface area (Å²) >= 11 is 0. The number of aromatic hydroxyl groups is 1. The molecule has 4 aliphatic carbocycles. The molecule has 0 heterocycles. The van der Waals surface area contributed by atoms with E-state index in [2.05, 4.69) is 97.8 Å². The minimum atomic E-state index is -0.668. The Balaban J connectivity index is 1.51. The Labute approximate surface area is 277 Å². The quantitative estimate of drug-likeness (QED) is 0.305. The molecule has 2 aromatic carbocycles. The van der Waals surface area contributed by atoms with Crippen LogP contribution in [0.15, 0.2) is 96.9 Å². The zero-order valence-corrected chi connectivity index (χ0v) is 29.1. The van der Waals surface area contributed by atoms with Gasteiger partial charge < -0.3 is 10.2 Å². The molecular weight excluding hydrogens is 560 g/mol. The summed E-state index contributed by atoms with van der Waals surface area (Å²) < 4.78 is 0. The van der Waals surface area contributed by atoms with Crippen LogP contribution in [0, 0.1) is 22.2 Å². The molecule has 2 aromatic rings. The fourth-order valence-corrected chi connectivity index (χ4v) is 10.1. The van der Waals surface area contributed by atoms with Gasteiger partial charge in [0.2, 0.25) is 0 Å². The number of fused-ring (bicyclic) bond motifs is 4. The van der Waals surface area contributed by atoms with Gasteiger partial charge in [-0.3, -0.25) is 0 Å². The normalized spacial score (nSPS) is 27.5. The number of aryl methyl sites for hydroxylation is 1. The van der Waals surface area contributed by atoms with Gasteiger partial charge in [0, 0.05) is 22.5 Å². The van der Waals surface area contributed by atoms with Crippen LogP contribution in [-0.4, -0.2) is 10.2 Å². The molecule has 2 nitrogen and oxygen atoms in total. The largest absolute Gasteiger partial charge is 0.511 e. The molecule has 3 atom stereocenters. The number of rotatable bonds is 7. The van der Waals surface area contributed by atoms with Crippen LogP contribution >= 0.6 is 0 Å². The number of phenolic OH excluding ortho intramolecular Hbond substituents is 1. The smallest absolute Gasteiger partial charge is 0.126 e. The van der Waals surface area contributed by atoms with Gasteiger partial charge >= 0.3 is 0 Å². The van der Waals surface area contributed by atoms with E-state index in [1.165, 1.54) is 16.7 Å². The summed E-state index contributed by atoms with van der Waals surface area (Å²) in [7, 11) is 0. The molecule has 0 saturated carbocycles. The van der Waals surface area contributed by atoms with Crippen molar-refractivity contribution in [2.75, 3.05) is 0 Å². The van der Waals surface area contributed by atoms with Crippen LogP contribution in [0.4, 0.5) is 0 Å². The molecule has 0 aromatic heterocycles. The summed E-state index contributed by atoms with van der Waals surface area (Å²) in [6, 6.07) is 10.6. The third-order valence-corrected chi connectivity index (χ3v) is 12.4. The Morgan fingerprint density at radius 2 is 1.57 bits per heavy atom. The number of unbranched alkanes of at least 4 members (excludes halogenated alkanes) is 2. The van der Waals surface area contributed by atoms with E-state index in [9.17, 15) is 10.2 Å². The van der Waals surface area contributed by atoms with E-state index in [4.69, 9.17) is 0 Å². The molecule has 2 heteroatoms. The monoisotopic (exact) mass is 612 g/mol. The molecule has 46 heavy (non-hydrogen) atoms. The second-order valence-corrected chi connectivity index (χ2v) is 15.6. The van der Waals surface area contributed by atoms with E-state index >= 15 is 0 Å². The Kier molecular flexibility index (Phi) is 7.62. The van der Waals surface area contributed by atoms with E-state index < -0.39 is 5.41 Å². The molecule has 0 aliphatic heterocycles. The molecular formula is C44H52O2. The van der Waals surface area contributed by atoms with Crippen molar-refractivity contribution >= 4 is 16.7 Å². The zero-order chi connectivity index (χ0) is 33.5. The van der Waals surface area contributed by atoms with E-state index in [-0.39, 0.29) is 22.5 Å². The van der Waals surface area contributed by atoms with Gasteiger partial charge in [-0.2, -0.15) is 0 Å². The first-order chi connectivity index (χ1) is 21.6. The van der Waals surface area contributed by atoms with Crippen LogP contribution in [-0.2, 0) is 19.3 Å². The minimum Gasteiger partial charge on any atom is -0.511 e. The van der Waals surface area contributed by atoms with Gasteiger partial charge in [-0.25, -0.2) is 0 Å². The van der Waals surface area contributed by atoms with Crippen LogP contribution in [0.5, 0.6) is 5.75 Å². The Hall–Kier alpha value is -3.78. The lowest BCUT2D eigenvalue weighted by Gasteiger charge is -2.60. The van der Waals surface area contributed by atoms with E-state index in [1.54, 1.807) is 0 Å². The van der Waals surface area contributed by atoms with Crippen molar-refractivity contribution < 1.29 is 10.2 Å². The Morgan fingerprint density at radius 3 is 2.15 bits per heavy atom. The van der Waals surface area contributed by atoms with Gasteiger partial charge in [-0.05, 0) is 120 Å². The van der Waals surface area contributed by atoms with Gasteiger partial charge in [-0.1, -0.05) is 108 Å². The van der Waals surface area contributed by atoms with Crippen LogP contribution in [0.3, 0.4) is 0 Å². The van der Waals surface area contributed by atoms with Crippen molar-refractivity contribution in [3.63, 3.8) is 0 Å². The average molecular weight is 613 g/mol. The average Bonchev–Trinajstić information content (AvgIpc) is 3.21. The summed E-state index contributed by atoms with van der Waals surface area (Å²) in [5.41, 5.74) is 13.4. The molecule has 0 bridgehead atoms. The fourth-order valence-electron chi connectivity index (χ4n) is 10.1. The first-order valence-electron chi connectivity index (χ1n) is 17.1. The summed E-state index contributed by atoms with van der Waals surface area (Å²) in [6.07, 6.45) is 7.53. The summed E-state index contributed by atoms with van der Waals surface area (Å²) in [6.45, 7) is 35.8.